The quantitative estimate of drug-likeness (QED) is 0.403. The molecule has 6 nitrogen and oxygen atoms in total. The zero-order valence-corrected chi connectivity index (χ0v) is 19.0. The summed E-state index contributed by atoms with van der Waals surface area (Å²) < 4.78 is 19.4. The third-order valence-electron chi connectivity index (χ3n) is 6.56. The number of aromatic amines is 1. The van der Waals surface area contributed by atoms with E-state index >= 15 is 0 Å². The maximum absolute atomic E-state index is 13.5. The number of pyridine rings is 1. The average Bonchev–Trinajstić information content (AvgIpc) is 3.41. The van der Waals surface area contributed by atoms with Crippen molar-refractivity contribution in [1.29, 1.82) is 0 Å². The number of hydrogen-bond acceptors (Lipinski definition) is 5. The second-order valence-corrected chi connectivity index (χ2v) is 8.45. The minimum absolute atomic E-state index is 0. The Bertz CT molecular complexity index is 1330. The Morgan fingerprint density at radius 1 is 0.971 bits per heavy atom. The van der Waals surface area contributed by atoms with E-state index in [9.17, 15) is 9.18 Å². The van der Waals surface area contributed by atoms with E-state index in [0.717, 1.165) is 34.0 Å². The number of nitrogens with one attached hydrogen (secondary N) is 1. The van der Waals surface area contributed by atoms with Gasteiger partial charge in [-0.25, -0.2) is 14.2 Å². The van der Waals surface area contributed by atoms with Gasteiger partial charge < -0.3 is 14.6 Å². The Morgan fingerprint density at radius 3 is 2.47 bits per heavy atom. The smallest absolute Gasteiger partial charge is 0.339 e. The summed E-state index contributed by atoms with van der Waals surface area (Å²) in [7, 11) is 0. The lowest BCUT2D eigenvalue weighted by Crippen LogP contribution is -2.43. The number of hydrogen-bond donors (Lipinski definition) is 1. The van der Waals surface area contributed by atoms with Crippen molar-refractivity contribution in [2.24, 2.45) is 0 Å². The SMILES string of the molecule is Cl.O=C1OC2(CCN(c3nc(-c4ccc(F)cc4)c(-c4cccnc4)[nH]3)CC2)c2ccccc21. The molecule has 2 aromatic heterocycles. The van der Waals surface area contributed by atoms with E-state index in [1.54, 1.807) is 24.5 Å². The van der Waals surface area contributed by atoms with Gasteiger partial charge in [-0.3, -0.25) is 4.98 Å². The van der Waals surface area contributed by atoms with Gasteiger partial charge in [0.25, 0.3) is 0 Å². The molecule has 2 aromatic carbocycles. The van der Waals surface area contributed by atoms with Crippen LogP contribution >= 0.6 is 12.4 Å². The second-order valence-electron chi connectivity index (χ2n) is 8.45. The monoisotopic (exact) mass is 476 g/mol. The number of H-pyrrole nitrogens is 1. The molecule has 4 aromatic rings. The van der Waals surface area contributed by atoms with Gasteiger partial charge in [0.15, 0.2) is 0 Å². The van der Waals surface area contributed by atoms with Gasteiger partial charge in [0, 0.05) is 55.0 Å². The van der Waals surface area contributed by atoms with E-state index in [2.05, 4.69) is 14.9 Å². The van der Waals surface area contributed by atoms with Gasteiger partial charge >= 0.3 is 5.97 Å². The molecule has 0 bridgehead atoms. The molecule has 0 amide bonds. The maximum atomic E-state index is 13.5. The van der Waals surface area contributed by atoms with Gasteiger partial charge in [-0.15, -0.1) is 12.4 Å². The minimum Gasteiger partial charge on any atom is -0.450 e. The van der Waals surface area contributed by atoms with Crippen LogP contribution in [0.1, 0.15) is 28.8 Å². The number of piperidine rings is 1. The molecular weight excluding hydrogens is 455 g/mol. The Kier molecular flexibility index (Phi) is 5.57. The summed E-state index contributed by atoms with van der Waals surface area (Å²) in [6.45, 7) is 1.37. The molecule has 0 saturated carbocycles. The highest BCUT2D eigenvalue weighted by atomic mass is 35.5. The topological polar surface area (TPSA) is 71.1 Å². The lowest BCUT2D eigenvalue weighted by molar-refractivity contribution is -0.0211. The van der Waals surface area contributed by atoms with Crippen LogP contribution in [0.25, 0.3) is 22.5 Å². The lowest BCUT2D eigenvalue weighted by atomic mass is 9.84. The summed E-state index contributed by atoms with van der Waals surface area (Å²) in [6.07, 6.45) is 4.88. The summed E-state index contributed by atoms with van der Waals surface area (Å²) >= 11 is 0. The number of rotatable bonds is 3. The highest BCUT2D eigenvalue weighted by Gasteiger charge is 2.47. The first-order valence-corrected chi connectivity index (χ1v) is 11.0. The number of halogens is 2. The van der Waals surface area contributed by atoms with Crippen LogP contribution in [0.4, 0.5) is 10.3 Å². The number of nitrogens with zero attached hydrogens (tertiary/aromatic N) is 3. The first-order chi connectivity index (χ1) is 16.1. The molecule has 2 aliphatic heterocycles. The second kappa shape index (κ2) is 8.57. The third-order valence-corrected chi connectivity index (χ3v) is 6.56. The van der Waals surface area contributed by atoms with Crippen molar-refractivity contribution >= 4 is 24.3 Å². The summed E-state index contributed by atoms with van der Waals surface area (Å²) in [5.74, 6) is 0.209. The fraction of sp³-hybridized carbons (Fsp3) is 0.192. The van der Waals surface area contributed by atoms with Crippen LogP contribution in [0.15, 0.2) is 73.1 Å². The molecule has 172 valence electrons. The number of aromatic nitrogens is 3. The normalized spacial score (nSPS) is 16.1. The number of fused-ring (bicyclic) bond motifs is 2. The summed E-state index contributed by atoms with van der Waals surface area (Å²) in [5.41, 5.74) is 4.40. The molecule has 1 saturated heterocycles. The predicted molar refractivity (Wildman–Crippen MR) is 129 cm³/mol. The highest BCUT2D eigenvalue weighted by molar-refractivity contribution is 5.94. The van der Waals surface area contributed by atoms with Crippen molar-refractivity contribution < 1.29 is 13.9 Å². The van der Waals surface area contributed by atoms with Gasteiger partial charge in [-0.2, -0.15) is 0 Å². The molecule has 0 aliphatic carbocycles. The number of esters is 1. The first-order valence-electron chi connectivity index (χ1n) is 11.0. The number of benzene rings is 2. The summed E-state index contributed by atoms with van der Waals surface area (Å²) in [6, 6.07) is 17.8. The molecular formula is C26H22ClFN4O2. The van der Waals surface area contributed by atoms with Crippen molar-refractivity contribution in [2.75, 3.05) is 18.0 Å². The van der Waals surface area contributed by atoms with Crippen LogP contribution in [-0.4, -0.2) is 34.0 Å². The van der Waals surface area contributed by atoms with Gasteiger partial charge in [0.2, 0.25) is 5.95 Å². The molecule has 1 fully saturated rings. The van der Waals surface area contributed by atoms with Crippen molar-refractivity contribution in [3.05, 3.63) is 90.0 Å². The van der Waals surface area contributed by atoms with Gasteiger partial charge in [-0.1, -0.05) is 18.2 Å². The van der Waals surface area contributed by atoms with Crippen LogP contribution in [0.5, 0.6) is 0 Å². The van der Waals surface area contributed by atoms with E-state index in [-0.39, 0.29) is 24.2 Å². The van der Waals surface area contributed by atoms with E-state index in [1.165, 1.54) is 12.1 Å². The fourth-order valence-electron chi connectivity index (χ4n) is 4.84. The molecule has 0 atom stereocenters. The van der Waals surface area contributed by atoms with Crippen LogP contribution in [0.2, 0.25) is 0 Å². The maximum Gasteiger partial charge on any atom is 0.339 e. The number of ether oxygens (including phenoxy) is 1. The Labute approximate surface area is 202 Å². The first kappa shape index (κ1) is 22.1. The molecule has 2 aliphatic rings. The van der Waals surface area contributed by atoms with Crippen molar-refractivity contribution in [2.45, 2.75) is 18.4 Å². The highest BCUT2D eigenvalue weighted by Crippen LogP contribution is 2.44. The molecule has 0 radical (unpaired) electrons. The van der Waals surface area contributed by atoms with E-state index in [4.69, 9.17) is 9.72 Å². The van der Waals surface area contributed by atoms with Gasteiger partial charge in [0.1, 0.15) is 11.4 Å². The third kappa shape index (κ3) is 3.62. The van der Waals surface area contributed by atoms with Gasteiger partial charge in [0.05, 0.1) is 17.0 Å². The van der Waals surface area contributed by atoms with E-state index in [0.29, 0.717) is 31.5 Å². The zero-order valence-electron chi connectivity index (χ0n) is 18.2. The predicted octanol–water partition coefficient (Wildman–Crippen LogP) is 5.37. The summed E-state index contributed by atoms with van der Waals surface area (Å²) in [5, 5.41) is 0. The van der Waals surface area contributed by atoms with Gasteiger partial charge in [-0.05, 0) is 42.5 Å². The standard InChI is InChI=1S/C26H21FN4O2.ClH/c27-19-9-7-17(8-10-19)22-23(18-4-3-13-28-16-18)30-25(29-22)31-14-11-26(12-15-31)21-6-2-1-5-20(21)24(32)33-26;/h1-10,13,16H,11-12,14-15H2,(H,29,30);1H. The fourth-order valence-corrected chi connectivity index (χ4v) is 4.84. The Morgan fingerprint density at radius 2 is 1.74 bits per heavy atom. The number of anilines is 1. The largest absolute Gasteiger partial charge is 0.450 e. The lowest BCUT2D eigenvalue weighted by Gasteiger charge is -2.38. The van der Waals surface area contributed by atoms with E-state index < -0.39 is 5.60 Å². The molecule has 0 unspecified atom stereocenters. The number of carbonyl (C=O) groups is 1. The number of imidazole rings is 1. The molecule has 1 spiro atoms. The van der Waals surface area contributed by atoms with Crippen molar-refractivity contribution in [1.82, 2.24) is 15.0 Å². The summed E-state index contributed by atoms with van der Waals surface area (Å²) in [4.78, 5) is 27.2. The van der Waals surface area contributed by atoms with Crippen LogP contribution in [0, 0.1) is 5.82 Å². The Hall–Kier alpha value is -3.71. The van der Waals surface area contributed by atoms with Crippen molar-refractivity contribution in [3.63, 3.8) is 0 Å². The van der Waals surface area contributed by atoms with Crippen LogP contribution in [-0.2, 0) is 10.3 Å². The zero-order chi connectivity index (χ0) is 22.4. The molecule has 34 heavy (non-hydrogen) atoms. The van der Waals surface area contributed by atoms with Crippen molar-refractivity contribution in [3.8, 4) is 22.5 Å². The molecule has 8 heteroatoms. The van der Waals surface area contributed by atoms with Crippen LogP contribution in [0.3, 0.4) is 0 Å². The molecule has 4 heterocycles. The average molecular weight is 477 g/mol. The molecule has 1 N–H and O–H groups in total. The minimum atomic E-state index is -0.567. The Balaban J connectivity index is 0.00000241. The molecule has 6 rings (SSSR count). The number of carbonyl (C=O) groups excluding carboxylic acids is 1. The van der Waals surface area contributed by atoms with E-state index in [1.807, 2.05) is 36.4 Å². The van der Waals surface area contributed by atoms with Crippen LogP contribution < -0.4 is 4.90 Å².